The fourth-order valence-corrected chi connectivity index (χ4v) is 1.48. The molecule has 0 unspecified atom stereocenters. The van der Waals surface area contributed by atoms with Gasteiger partial charge < -0.3 is 15.7 Å². The molecule has 5 nitrogen and oxygen atoms in total. The zero-order chi connectivity index (χ0) is 11.3. The molecule has 0 aliphatic heterocycles. The predicted molar refractivity (Wildman–Crippen MR) is 55.6 cm³/mol. The van der Waals surface area contributed by atoms with E-state index in [1.807, 2.05) is 0 Å². The molecule has 1 aliphatic carbocycles. The van der Waals surface area contributed by atoms with Crippen LogP contribution in [0.1, 0.15) is 32.6 Å². The van der Waals surface area contributed by atoms with Crippen LogP contribution in [-0.2, 0) is 4.79 Å². The van der Waals surface area contributed by atoms with Crippen LogP contribution in [0.3, 0.4) is 0 Å². The summed E-state index contributed by atoms with van der Waals surface area (Å²) in [6, 6.07) is -1.24. The highest BCUT2D eigenvalue weighted by molar-refractivity contribution is 5.82. The molecule has 0 radical (unpaired) electrons. The fraction of sp³-hybridized carbons (Fsp3) is 0.800. The molecule has 0 aromatic carbocycles. The second-order valence-corrected chi connectivity index (χ2v) is 4.05. The number of carboxylic acid groups (broad SMARTS) is 1. The molecule has 0 bridgehead atoms. The summed E-state index contributed by atoms with van der Waals surface area (Å²) in [6.45, 7) is 2.07. The Morgan fingerprint density at radius 3 is 2.60 bits per heavy atom. The highest BCUT2D eigenvalue weighted by atomic mass is 16.4. The van der Waals surface area contributed by atoms with Crippen molar-refractivity contribution in [3.63, 3.8) is 0 Å². The Kier molecular flexibility index (Phi) is 4.39. The summed E-state index contributed by atoms with van der Waals surface area (Å²) in [7, 11) is 0. The van der Waals surface area contributed by atoms with E-state index in [0.717, 1.165) is 12.3 Å². The molecule has 1 rings (SSSR count). The number of aliphatic carboxylic acids is 1. The van der Waals surface area contributed by atoms with Crippen LogP contribution in [0.5, 0.6) is 0 Å². The molecule has 0 saturated heterocycles. The molecule has 1 saturated carbocycles. The Hall–Kier alpha value is -1.26. The number of carbonyl (C=O) groups is 2. The van der Waals surface area contributed by atoms with Crippen molar-refractivity contribution in [3.8, 4) is 0 Å². The summed E-state index contributed by atoms with van der Waals surface area (Å²) in [4.78, 5) is 21.6. The van der Waals surface area contributed by atoms with Crippen LogP contribution in [0.25, 0.3) is 0 Å². The SMILES string of the molecule is C[C@H](NC(=O)NCCC1CCC1)C(=O)O. The van der Waals surface area contributed by atoms with Crippen LogP contribution in [-0.4, -0.2) is 29.7 Å². The molecule has 0 spiro atoms. The molecule has 2 amide bonds. The van der Waals surface area contributed by atoms with E-state index in [9.17, 15) is 9.59 Å². The number of carbonyl (C=O) groups excluding carboxylic acids is 1. The molecule has 5 heteroatoms. The van der Waals surface area contributed by atoms with Gasteiger partial charge in [0.1, 0.15) is 6.04 Å². The number of amides is 2. The van der Waals surface area contributed by atoms with Crippen molar-refractivity contribution in [1.82, 2.24) is 10.6 Å². The van der Waals surface area contributed by atoms with Gasteiger partial charge in [0, 0.05) is 6.54 Å². The van der Waals surface area contributed by atoms with Gasteiger partial charge in [0.25, 0.3) is 0 Å². The monoisotopic (exact) mass is 214 g/mol. The lowest BCUT2D eigenvalue weighted by atomic mass is 9.83. The van der Waals surface area contributed by atoms with E-state index in [1.165, 1.54) is 26.2 Å². The fourth-order valence-electron chi connectivity index (χ4n) is 1.48. The normalized spacial score (nSPS) is 17.7. The first-order chi connectivity index (χ1) is 7.09. The van der Waals surface area contributed by atoms with Gasteiger partial charge in [0.2, 0.25) is 0 Å². The highest BCUT2D eigenvalue weighted by Gasteiger charge is 2.17. The summed E-state index contributed by atoms with van der Waals surface area (Å²) < 4.78 is 0. The maximum atomic E-state index is 11.2. The average Bonchev–Trinajstić information content (AvgIpc) is 2.09. The Bertz CT molecular complexity index is 239. The Morgan fingerprint density at radius 2 is 2.13 bits per heavy atom. The first-order valence-corrected chi connectivity index (χ1v) is 5.36. The van der Waals surface area contributed by atoms with E-state index in [-0.39, 0.29) is 0 Å². The quantitative estimate of drug-likeness (QED) is 0.637. The van der Waals surface area contributed by atoms with Crippen molar-refractivity contribution in [1.29, 1.82) is 0 Å². The average molecular weight is 214 g/mol. The van der Waals surface area contributed by atoms with Gasteiger partial charge in [-0.15, -0.1) is 0 Å². The third-order valence-electron chi connectivity index (χ3n) is 2.78. The lowest BCUT2D eigenvalue weighted by Gasteiger charge is -2.25. The number of carboxylic acids is 1. The van der Waals surface area contributed by atoms with Crippen LogP contribution < -0.4 is 10.6 Å². The smallest absolute Gasteiger partial charge is 0.325 e. The van der Waals surface area contributed by atoms with E-state index in [1.54, 1.807) is 0 Å². The van der Waals surface area contributed by atoms with Crippen molar-refractivity contribution in [2.24, 2.45) is 5.92 Å². The van der Waals surface area contributed by atoms with E-state index in [0.29, 0.717) is 6.54 Å². The summed E-state index contributed by atoms with van der Waals surface area (Å²) in [5.41, 5.74) is 0. The van der Waals surface area contributed by atoms with Crippen LogP contribution in [0.4, 0.5) is 4.79 Å². The third-order valence-corrected chi connectivity index (χ3v) is 2.78. The molecule has 3 N–H and O–H groups in total. The third kappa shape index (κ3) is 4.18. The van der Waals surface area contributed by atoms with E-state index in [4.69, 9.17) is 5.11 Å². The van der Waals surface area contributed by atoms with E-state index >= 15 is 0 Å². The lowest BCUT2D eigenvalue weighted by molar-refractivity contribution is -0.138. The molecule has 15 heavy (non-hydrogen) atoms. The molecule has 1 atom stereocenters. The minimum absolute atomic E-state index is 0.399. The first-order valence-electron chi connectivity index (χ1n) is 5.36. The Balaban J connectivity index is 2.04. The van der Waals surface area contributed by atoms with Crippen molar-refractivity contribution >= 4 is 12.0 Å². The zero-order valence-corrected chi connectivity index (χ0v) is 8.95. The lowest BCUT2D eigenvalue weighted by Crippen LogP contribution is -2.44. The molecule has 1 fully saturated rings. The van der Waals surface area contributed by atoms with E-state index < -0.39 is 18.0 Å². The standard InChI is InChI=1S/C10H18N2O3/c1-7(9(13)14)12-10(15)11-6-5-8-3-2-4-8/h7-8H,2-6H2,1H3,(H,13,14)(H2,11,12,15)/t7-/m0/s1. The molecule has 1 aliphatic rings. The maximum absolute atomic E-state index is 11.2. The number of rotatable bonds is 5. The van der Waals surface area contributed by atoms with Gasteiger partial charge in [-0.3, -0.25) is 4.79 Å². The Morgan fingerprint density at radius 1 is 1.47 bits per heavy atom. The Labute approximate surface area is 89.2 Å². The second-order valence-electron chi connectivity index (χ2n) is 4.05. The van der Waals surface area contributed by atoms with Gasteiger partial charge in [-0.1, -0.05) is 19.3 Å². The van der Waals surface area contributed by atoms with Crippen molar-refractivity contribution in [2.45, 2.75) is 38.6 Å². The van der Waals surface area contributed by atoms with Crippen molar-refractivity contribution in [2.75, 3.05) is 6.54 Å². The number of hydrogen-bond acceptors (Lipinski definition) is 2. The topological polar surface area (TPSA) is 78.4 Å². The largest absolute Gasteiger partial charge is 0.480 e. The second kappa shape index (κ2) is 5.58. The van der Waals surface area contributed by atoms with Gasteiger partial charge in [-0.25, -0.2) is 4.79 Å². The van der Waals surface area contributed by atoms with Gasteiger partial charge in [-0.2, -0.15) is 0 Å². The van der Waals surface area contributed by atoms with Crippen LogP contribution in [0, 0.1) is 5.92 Å². The molecule has 0 aromatic rings. The molecular weight excluding hydrogens is 196 g/mol. The zero-order valence-electron chi connectivity index (χ0n) is 8.95. The first kappa shape index (κ1) is 11.8. The van der Waals surface area contributed by atoms with Crippen LogP contribution in [0.15, 0.2) is 0 Å². The number of urea groups is 1. The van der Waals surface area contributed by atoms with Gasteiger partial charge in [0.05, 0.1) is 0 Å². The van der Waals surface area contributed by atoms with Crippen LogP contribution >= 0.6 is 0 Å². The number of nitrogens with one attached hydrogen (secondary N) is 2. The minimum atomic E-state index is -1.02. The molecule has 0 heterocycles. The summed E-state index contributed by atoms with van der Waals surface area (Å²) in [5, 5.41) is 13.5. The molecular formula is C10H18N2O3. The van der Waals surface area contributed by atoms with Gasteiger partial charge >= 0.3 is 12.0 Å². The highest BCUT2D eigenvalue weighted by Crippen LogP contribution is 2.28. The summed E-state index contributed by atoms with van der Waals surface area (Å²) in [6.07, 6.45) is 4.81. The van der Waals surface area contributed by atoms with E-state index in [2.05, 4.69) is 10.6 Å². The van der Waals surface area contributed by atoms with Crippen molar-refractivity contribution in [3.05, 3.63) is 0 Å². The van der Waals surface area contributed by atoms with Crippen LogP contribution in [0.2, 0.25) is 0 Å². The maximum Gasteiger partial charge on any atom is 0.325 e. The molecule has 0 aromatic heterocycles. The van der Waals surface area contributed by atoms with Gasteiger partial charge in [0.15, 0.2) is 0 Å². The van der Waals surface area contributed by atoms with Gasteiger partial charge in [-0.05, 0) is 19.3 Å². The molecule has 86 valence electrons. The summed E-state index contributed by atoms with van der Waals surface area (Å²) in [5.74, 6) is -0.272. The minimum Gasteiger partial charge on any atom is -0.480 e. The number of hydrogen-bond donors (Lipinski definition) is 3. The van der Waals surface area contributed by atoms with Crippen molar-refractivity contribution < 1.29 is 14.7 Å². The predicted octanol–water partition coefficient (Wildman–Crippen LogP) is 0.949. The summed E-state index contributed by atoms with van der Waals surface area (Å²) >= 11 is 0.